The second-order valence-electron chi connectivity index (χ2n) is 6.80. The molecule has 6 heteroatoms. The molecule has 1 heterocycles. The van der Waals surface area contributed by atoms with Crippen molar-refractivity contribution in [1.29, 1.82) is 0 Å². The van der Waals surface area contributed by atoms with Gasteiger partial charge in [-0.1, -0.05) is 19.3 Å². The second kappa shape index (κ2) is 9.41. The Bertz CT molecular complexity index is 538. The number of hydrogen-bond acceptors (Lipinski definition) is 4. The van der Waals surface area contributed by atoms with Crippen LogP contribution in [0.2, 0.25) is 0 Å². The van der Waals surface area contributed by atoms with Gasteiger partial charge in [0.2, 0.25) is 0 Å². The van der Waals surface area contributed by atoms with Gasteiger partial charge in [-0.25, -0.2) is 0 Å². The van der Waals surface area contributed by atoms with E-state index in [0.717, 1.165) is 51.4 Å². The van der Waals surface area contributed by atoms with Crippen molar-refractivity contribution in [3.05, 3.63) is 29.8 Å². The Morgan fingerprint density at radius 1 is 1.16 bits per heavy atom. The molecule has 1 saturated heterocycles. The van der Waals surface area contributed by atoms with Crippen molar-refractivity contribution in [1.82, 2.24) is 10.2 Å². The summed E-state index contributed by atoms with van der Waals surface area (Å²) in [6, 6.07) is 7.29. The van der Waals surface area contributed by atoms with Gasteiger partial charge >= 0.3 is 0 Å². The van der Waals surface area contributed by atoms with E-state index in [2.05, 4.69) is 10.2 Å². The van der Waals surface area contributed by atoms with Crippen LogP contribution in [0.25, 0.3) is 0 Å². The third kappa shape index (κ3) is 4.87. The van der Waals surface area contributed by atoms with Crippen LogP contribution >= 0.6 is 12.4 Å². The highest BCUT2D eigenvalue weighted by Crippen LogP contribution is 2.34. The molecule has 5 nitrogen and oxygen atoms in total. The van der Waals surface area contributed by atoms with Gasteiger partial charge < -0.3 is 14.8 Å². The number of methoxy groups -OCH3 is 1. The number of carbonyl (C=O) groups is 1. The van der Waals surface area contributed by atoms with Crippen LogP contribution in [0, 0.1) is 0 Å². The maximum atomic E-state index is 12.5. The lowest BCUT2D eigenvalue weighted by atomic mass is 9.79. The first-order valence-electron chi connectivity index (χ1n) is 8.99. The van der Waals surface area contributed by atoms with Gasteiger partial charge in [-0.2, -0.15) is 0 Å². The molecule has 1 aromatic carbocycles. The average molecular weight is 369 g/mol. The molecular weight excluding hydrogens is 340 g/mol. The maximum absolute atomic E-state index is 12.5. The Balaban J connectivity index is 0.00000225. The third-order valence-electron chi connectivity index (χ3n) is 5.40. The number of carbonyl (C=O) groups excluding carboxylic acids is 1. The molecule has 0 aromatic heterocycles. The van der Waals surface area contributed by atoms with Gasteiger partial charge in [-0.15, -0.1) is 12.4 Å². The Kier molecular flexibility index (Phi) is 7.54. The Hall–Kier alpha value is -1.30. The van der Waals surface area contributed by atoms with Gasteiger partial charge in [0.05, 0.1) is 20.3 Å². The number of hydrogen-bond donors (Lipinski definition) is 1. The monoisotopic (exact) mass is 368 g/mol. The number of halogens is 1. The summed E-state index contributed by atoms with van der Waals surface area (Å²) in [4.78, 5) is 15.1. The molecule has 1 amide bonds. The first-order valence-corrected chi connectivity index (χ1v) is 8.99. The molecule has 2 aliphatic rings. The maximum Gasteiger partial charge on any atom is 0.251 e. The van der Waals surface area contributed by atoms with Crippen LogP contribution in [0.15, 0.2) is 24.3 Å². The molecule has 0 bridgehead atoms. The van der Waals surface area contributed by atoms with E-state index in [0.29, 0.717) is 5.56 Å². The minimum absolute atomic E-state index is 0. The van der Waals surface area contributed by atoms with Crippen LogP contribution in [-0.2, 0) is 4.74 Å². The highest BCUT2D eigenvalue weighted by Gasteiger charge is 2.38. The number of nitrogens with one attached hydrogen (secondary N) is 1. The van der Waals surface area contributed by atoms with Gasteiger partial charge in [-0.3, -0.25) is 9.69 Å². The van der Waals surface area contributed by atoms with E-state index in [1.54, 1.807) is 7.11 Å². The van der Waals surface area contributed by atoms with Crippen molar-refractivity contribution >= 4 is 18.3 Å². The zero-order valence-corrected chi connectivity index (χ0v) is 15.8. The molecule has 0 atom stereocenters. The number of ether oxygens (including phenoxy) is 2. The van der Waals surface area contributed by atoms with Crippen LogP contribution in [0.3, 0.4) is 0 Å². The van der Waals surface area contributed by atoms with E-state index in [1.165, 1.54) is 19.3 Å². The molecule has 25 heavy (non-hydrogen) atoms. The van der Waals surface area contributed by atoms with E-state index in [4.69, 9.17) is 9.47 Å². The van der Waals surface area contributed by atoms with Crippen molar-refractivity contribution in [2.24, 2.45) is 0 Å². The van der Waals surface area contributed by atoms with Crippen molar-refractivity contribution < 1.29 is 14.3 Å². The van der Waals surface area contributed by atoms with E-state index in [1.807, 2.05) is 24.3 Å². The van der Waals surface area contributed by atoms with Crippen molar-refractivity contribution in [2.75, 3.05) is 40.0 Å². The Morgan fingerprint density at radius 2 is 1.80 bits per heavy atom. The molecule has 1 N–H and O–H groups in total. The summed E-state index contributed by atoms with van der Waals surface area (Å²) in [6.07, 6.45) is 6.12. The molecule has 1 aliphatic heterocycles. The standard InChI is InChI=1S/C19H28N2O3.ClH/c1-23-17-7-5-16(6-8-17)18(22)20-15-19(9-3-2-4-10-19)21-11-13-24-14-12-21;/h5-8H,2-4,9-15H2,1H3,(H,20,22);1H. The largest absolute Gasteiger partial charge is 0.497 e. The van der Waals surface area contributed by atoms with Crippen molar-refractivity contribution in [2.45, 2.75) is 37.6 Å². The minimum Gasteiger partial charge on any atom is -0.497 e. The zero-order chi connectivity index (χ0) is 16.8. The number of nitrogens with zero attached hydrogens (tertiary/aromatic N) is 1. The average Bonchev–Trinajstić information content (AvgIpc) is 2.67. The van der Waals surface area contributed by atoms with Crippen molar-refractivity contribution in [3.8, 4) is 5.75 Å². The first-order chi connectivity index (χ1) is 11.7. The molecule has 0 spiro atoms. The zero-order valence-electron chi connectivity index (χ0n) is 15.0. The molecule has 1 saturated carbocycles. The van der Waals surface area contributed by atoms with Crippen LogP contribution in [0.5, 0.6) is 5.75 Å². The van der Waals surface area contributed by atoms with Gasteiger partial charge in [0.1, 0.15) is 5.75 Å². The fraction of sp³-hybridized carbons (Fsp3) is 0.632. The summed E-state index contributed by atoms with van der Waals surface area (Å²) in [5, 5.41) is 3.18. The third-order valence-corrected chi connectivity index (χ3v) is 5.40. The van der Waals surface area contributed by atoms with E-state index < -0.39 is 0 Å². The fourth-order valence-corrected chi connectivity index (χ4v) is 3.94. The van der Waals surface area contributed by atoms with E-state index in [-0.39, 0.29) is 23.9 Å². The molecule has 0 unspecified atom stereocenters. The van der Waals surface area contributed by atoms with Crippen LogP contribution in [0.4, 0.5) is 0 Å². The molecule has 1 aromatic rings. The Morgan fingerprint density at radius 3 is 2.40 bits per heavy atom. The molecule has 140 valence electrons. The van der Waals surface area contributed by atoms with Crippen LogP contribution in [-0.4, -0.2) is 56.3 Å². The lowest BCUT2D eigenvalue weighted by Gasteiger charge is -2.48. The smallest absolute Gasteiger partial charge is 0.251 e. The van der Waals surface area contributed by atoms with Gasteiger partial charge in [-0.05, 0) is 37.1 Å². The normalized spacial score (nSPS) is 20.4. The molecule has 2 fully saturated rings. The van der Waals surface area contributed by atoms with Crippen molar-refractivity contribution in [3.63, 3.8) is 0 Å². The lowest BCUT2D eigenvalue weighted by Crippen LogP contribution is -2.59. The summed E-state index contributed by atoms with van der Waals surface area (Å²) in [5.41, 5.74) is 0.785. The number of benzene rings is 1. The number of rotatable bonds is 5. The highest BCUT2D eigenvalue weighted by atomic mass is 35.5. The van der Waals surface area contributed by atoms with Crippen LogP contribution < -0.4 is 10.1 Å². The summed E-state index contributed by atoms with van der Waals surface area (Å²) in [6.45, 7) is 4.26. The quantitative estimate of drug-likeness (QED) is 0.868. The topological polar surface area (TPSA) is 50.8 Å². The van der Waals surface area contributed by atoms with Gasteiger partial charge in [0.15, 0.2) is 0 Å². The molecular formula is C19H29ClN2O3. The minimum atomic E-state index is -0.00383. The highest BCUT2D eigenvalue weighted by molar-refractivity contribution is 5.94. The van der Waals surface area contributed by atoms with E-state index >= 15 is 0 Å². The lowest BCUT2D eigenvalue weighted by molar-refractivity contribution is -0.0361. The second-order valence-corrected chi connectivity index (χ2v) is 6.80. The Labute approximate surface area is 156 Å². The number of morpholine rings is 1. The predicted octanol–water partition coefficient (Wildman–Crippen LogP) is 2.88. The van der Waals surface area contributed by atoms with Gasteiger partial charge in [0, 0.05) is 30.7 Å². The summed E-state index contributed by atoms with van der Waals surface area (Å²) >= 11 is 0. The molecule has 0 radical (unpaired) electrons. The summed E-state index contributed by atoms with van der Waals surface area (Å²) in [5.74, 6) is 0.763. The van der Waals surface area contributed by atoms with Gasteiger partial charge in [0.25, 0.3) is 5.91 Å². The summed E-state index contributed by atoms with van der Waals surface area (Å²) in [7, 11) is 1.63. The fourth-order valence-electron chi connectivity index (χ4n) is 3.94. The predicted molar refractivity (Wildman–Crippen MR) is 101 cm³/mol. The summed E-state index contributed by atoms with van der Waals surface area (Å²) < 4.78 is 10.7. The SMILES string of the molecule is COc1ccc(C(=O)NCC2(N3CCOCC3)CCCCC2)cc1.Cl. The number of amides is 1. The molecule has 1 aliphatic carbocycles. The van der Waals surface area contributed by atoms with Crippen LogP contribution in [0.1, 0.15) is 42.5 Å². The van der Waals surface area contributed by atoms with E-state index in [9.17, 15) is 4.79 Å². The first kappa shape index (κ1) is 20.0. The molecule has 3 rings (SSSR count).